The van der Waals surface area contributed by atoms with Crippen molar-refractivity contribution in [3.05, 3.63) is 57.2 Å². The third kappa shape index (κ3) is 4.35. The molecule has 0 fully saturated rings. The zero-order valence-corrected chi connectivity index (χ0v) is 14.8. The van der Waals surface area contributed by atoms with Gasteiger partial charge in [-0.3, -0.25) is 4.79 Å². The molecule has 0 atom stereocenters. The first-order valence-electron chi connectivity index (χ1n) is 7.19. The molecule has 124 valence electrons. The van der Waals surface area contributed by atoms with E-state index in [4.69, 9.17) is 27.7 Å². The molecule has 3 rings (SSSR count). The quantitative estimate of drug-likeness (QED) is 0.688. The first-order valence-corrected chi connectivity index (χ1v) is 8.82. The van der Waals surface area contributed by atoms with Gasteiger partial charge in [0, 0.05) is 6.42 Å². The van der Waals surface area contributed by atoms with Gasteiger partial charge in [-0.1, -0.05) is 40.5 Å². The van der Waals surface area contributed by atoms with Gasteiger partial charge in [0.15, 0.2) is 0 Å². The summed E-state index contributed by atoms with van der Waals surface area (Å²) in [5.74, 6) is 0.809. The van der Waals surface area contributed by atoms with Gasteiger partial charge in [-0.25, -0.2) is 0 Å². The zero-order valence-electron chi connectivity index (χ0n) is 12.5. The minimum Gasteiger partial charge on any atom is -0.347 e. The summed E-state index contributed by atoms with van der Waals surface area (Å²) in [4.78, 5) is 17.1. The molecule has 0 aliphatic heterocycles. The maximum Gasteiger partial charge on any atom is 0.246 e. The lowest BCUT2D eigenvalue weighted by molar-refractivity contribution is -0.121. The smallest absolute Gasteiger partial charge is 0.246 e. The van der Waals surface area contributed by atoms with E-state index in [1.165, 1.54) is 11.3 Å². The Morgan fingerprint density at radius 3 is 2.88 bits per heavy atom. The lowest BCUT2D eigenvalue weighted by Crippen LogP contribution is -2.23. The Balaban J connectivity index is 1.48. The molecular weight excluding hydrogens is 369 g/mol. The van der Waals surface area contributed by atoms with Crippen molar-refractivity contribution in [2.45, 2.75) is 19.4 Å². The predicted octanol–water partition coefficient (Wildman–Crippen LogP) is 4.35. The van der Waals surface area contributed by atoms with Crippen molar-refractivity contribution < 1.29 is 9.32 Å². The van der Waals surface area contributed by atoms with Gasteiger partial charge in [-0.05, 0) is 35.6 Å². The molecule has 2 heterocycles. The van der Waals surface area contributed by atoms with Crippen LogP contribution in [0.4, 0.5) is 0 Å². The van der Waals surface area contributed by atoms with E-state index in [-0.39, 0.29) is 12.5 Å². The first-order chi connectivity index (χ1) is 11.6. The number of amides is 1. The van der Waals surface area contributed by atoms with Gasteiger partial charge >= 0.3 is 0 Å². The number of benzene rings is 1. The van der Waals surface area contributed by atoms with Crippen LogP contribution in [0.3, 0.4) is 0 Å². The maximum absolute atomic E-state index is 11.9. The monoisotopic (exact) mass is 381 g/mol. The minimum absolute atomic E-state index is 0.100. The third-order valence-electron chi connectivity index (χ3n) is 3.27. The number of hydrogen-bond acceptors (Lipinski definition) is 5. The summed E-state index contributed by atoms with van der Waals surface area (Å²) in [7, 11) is 0. The molecule has 0 radical (unpaired) electrons. The van der Waals surface area contributed by atoms with Crippen molar-refractivity contribution in [3.8, 4) is 10.7 Å². The molecule has 0 saturated carbocycles. The number of aryl methyl sites for hydroxylation is 1. The second kappa shape index (κ2) is 7.79. The fourth-order valence-corrected chi connectivity index (χ4v) is 3.02. The number of carbonyl (C=O) groups is 1. The molecule has 0 spiro atoms. The highest BCUT2D eigenvalue weighted by Crippen LogP contribution is 2.23. The van der Waals surface area contributed by atoms with Gasteiger partial charge < -0.3 is 9.84 Å². The van der Waals surface area contributed by atoms with E-state index in [2.05, 4.69) is 15.5 Å². The summed E-state index contributed by atoms with van der Waals surface area (Å²) in [6.45, 7) is 0.207. The van der Waals surface area contributed by atoms with Crippen molar-refractivity contribution in [3.63, 3.8) is 0 Å². The molecule has 5 nitrogen and oxygen atoms in total. The highest BCUT2D eigenvalue weighted by Gasteiger charge is 2.10. The lowest BCUT2D eigenvalue weighted by atomic mass is 10.1. The molecule has 3 aromatic rings. The van der Waals surface area contributed by atoms with Gasteiger partial charge in [0.2, 0.25) is 17.6 Å². The Bertz CT molecular complexity index is 834. The number of carbonyl (C=O) groups excluding carboxylic acids is 1. The number of rotatable bonds is 6. The number of thiophene rings is 1. The van der Waals surface area contributed by atoms with E-state index < -0.39 is 0 Å². The second-order valence-electron chi connectivity index (χ2n) is 5.01. The van der Waals surface area contributed by atoms with Crippen LogP contribution in [0.2, 0.25) is 10.0 Å². The predicted molar refractivity (Wildman–Crippen MR) is 94.2 cm³/mol. The highest BCUT2D eigenvalue weighted by molar-refractivity contribution is 7.13. The molecule has 0 unspecified atom stereocenters. The molecule has 1 aromatic carbocycles. The Morgan fingerprint density at radius 2 is 2.12 bits per heavy atom. The molecule has 1 amide bonds. The van der Waals surface area contributed by atoms with Gasteiger partial charge in [0.25, 0.3) is 0 Å². The average molecular weight is 382 g/mol. The van der Waals surface area contributed by atoms with E-state index in [0.717, 1.165) is 10.4 Å². The van der Waals surface area contributed by atoms with Crippen LogP contribution in [0.5, 0.6) is 0 Å². The van der Waals surface area contributed by atoms with Crippen LogP contribution in [0.25, 0.3) is 10.7 Å². The van der Waals surface area contributed by atoms with Crippen LogP contribution in [-0.4, -0.2) is 16.0 Å². The van der Waals surface area contributed by atoms with Gasteiger partial charge in [-0.15, -0.1) is 11.3 Å². The summed E-state index contributed by atoms with van der Waals surface area (Å²) in [5.41, 5.74) is 0.956. The standard InChI is InChI=1S/C16H13Cl2N3O2S/c17-11-5-3-10(8-12(11)18)4-6-14(22)19-9-15-20-16(21-23-15)13-2-1-7-24-13/h1-3,5,7-8H,4,6,9H2,(H,19,22). The average Bonchev–Trinajstić information content (AvgIpc) is 3.25. The molecule has 24 heavy (non-hydrogen) atoms. The highest BCUT2D eigenvalue weighted by atomic mass is 35.5. The molecule has 2 aromatic heterocycles. The van der Waals surface area contributed by atoms with E-state index in [9.17, 15) is 4.79 Å². The van der Waals surface area contributed by atoms with Gasteiger partial charge in [0.1, 0.15) is 0 Å². The van der Waals surface area contributed by atoms with Crippen LogP contribution in [0, 0.1) is 0 Å². The van der Waals surface area contributed by atoms with E-state index in [1.54, 1.807) is 12.1 Å². The number of nitrogens with one attached hydrogen (secondary N) is 1. The zero-order chi connectivity index (χ0) is 16.9. The molecule has 1 N–H and O–H groups in total. The third-order valence-corrected chi connectivity index (χ3v) is 4.88. The number of hydrogen-bond donors (Lipinski definition) is 1. The summed E-state index contributed by atoms with van der Waals surface area (Å²) < 4.78 is 5.13. The van der Waals surface area contributed by atoms with Crippen LogP contribution in [0.15, 0.2) is 40.2 Å². The van der Waals surface area contributed by atoms with E-state index in [1.807, 2.05) is 23.6 Å². The normalized spacial score (nSPS) is 10.8. The Kier molecular flexibility index (Phi) is 5.50. The van der Waals surface area contributed by atoms with Crippen molar-refractivity contribution in [2.75, 3.05) is 0 Å². The van der Waals surface area contributed by atoms with Crippen LogP contribution >= 0.6 is 34.5 Å². The van der Waals surface area contributed by atoms with Gasteiger partial charge in [-0.2, -0.15) is 4.98 Å². The molecule has 0 aliphatic rings. The molecule has 0 saturated heterocycles. The maximum atomic E-state index is 11.9. The molecular formula is C16H13Cl2N3O2S. The molecule has 0 aliphatic carbocycles. The summed E-state index contributed by atoms with van der Waals surface area (Å²) in [5, 5.41) is 9.59. The SMILES string of the molecule is O=C(CCc1ccc(Cl)c(Cl)c1)NCc1nc(-c2cccs2)no1. The fraction of sp³-hybridized carbons (Fsp3) is 0.188. The van der Waals surface area contributed by atoms with Crippen molar-refractivity contribution in [1.82, 2.24) is 15.5 Å². The molecule has 0 bridgehead atoms. The number of aromatic nitrogens is 2. The summed E-state index contributed by atoms with van der Waals surface area (Å²) >= 11 is 13.4. The van der Waals surface area contributed by atoms with Crippen molar-refractivity contribution in [1.29, 1.82) is 0 Å². The van der Waals surface area contributed by atoms with Crippen LogP contribution < -0.4 is 5.32 Å². The fourth-order valence-electron chi connectivity index (χ4n) is 2.05. The Morgan fingerprint density at radius 1 is 1.25 bits per heavy atom. The first kappa shape index (κ1) is 17.0. The van der Waals surface area contributed by atoms with Gasteiger partial charge in [0.05, 0.1) is 21.5 Å². The van der Waals surface area contributed by atoms with Crippen molar-refractivity contribution >= 4 is 40.4 Å². The van der Waals surface area contributed by atoms with E-state index in [0.29, 0.717) is 34.6 Å². The lowest BCUT2D eigenvalue weighted by Gasteiger charge is -2.04. The van der Waals surface area contributed by atoms with E-state index >= 15 is 0 Å². The van der Waals surface area contributed by atoms with Crippen LogP contribution in [0.1, 0.15) is 17.9 Å². The van der Waals surface area contributed by atoms with Crippen molar-refractivity contribution in [2.24, 2.45) is 0 Å². The summed E-state index contributed by atoms with van der Waals surface area (Å²) in [6, 6.07) is 9.17. The van der Waals surface area contributed by atoms with Crippen LogP contribution in [-0.2, 0) is 17.8 Å². The topological polar surface area (TPSA) is 68.0 Å². The largest absolute Gasteiger partial charge is 0.347 e. The second-order valence-corrected chi connectivity index (χ2v) is 6.78. The summed E-state index contributed by atoms with van der Waals surface area (Å²) in [6.07, 6.45) is 0.914. The molecule has 8 heteroatoms. The Labute approximate surface area is 152 Å². The number of nitrogens with zero attached hydrogens (tertiary/aromatic N) is 2. The Hall–Kier alpha value is -1.89. The number of halogens is 2. The minimum atomic E-state index is -0.100.